The molecule has 106 valence electrons. The van der Waals surface area contributed by atoms with Crippen molar-refractivity contribution in [3.8, 4) is 0 Å². The second-order valence-corrected chi connectivity index (χ2v) is 4.18. The minimum atomic E-state index is -1.40. The first-order valence-corrected chi connectivity index (χ1v) is 5.89. The monoisotopic (exact) mass is 264 g/mol. The maximum atomic E-state index is 11.2. The number of methoxy groups -OCH3 is 1. The second-order valence-electron chi connectivity index (χ2n) is 4.18. The van der Waals surface area contributed by atoms with Crippen molar-refractivity contribution in [1.82, 2.24) is 0 Å². The van der Waals surface area contributed by atoms with Gasteiger partial charge >= 0.3 is 5.97 Å². The lowest BCUT2D eigenvalue weighted by Gasteiger charge is -2.39. The Balaban J connectivity index is 2.51. The fourth-order valence-electron chi connectivity index (χ4n) is 1.70. The second kappa shape index (κ2) is 7.01. The molecule has 1 rings (SSSR count). The lowest BCUT2D eigenvalue weighted by Crippen LogP contribution is -2.59. The van der Waals surface area contributed by atoms with Crippen LogP contribution in [0, 0.1) is 0 Å². The van der Waals surface area contributed by atoms with Crippen LogP contribution in [0.25, 0.3) is 0 Å². The molecule has 0 unspecified atom stereocenters. The van der Waals surface area contributed by atoms with E-state index in [2.05, 4.69) is 0 Å². The SMILES string of the molecule is CCCC(=O)OC[C@H]1O[C@H](OC)[C@@H](O)[C@@H](O)[C@@H]1O. The van der Waals surface area contributed by atoms with E-state index in [-0.39, 0.29) is 13.0 Å². The van der Waals surface area contributed by atoms with Crippen molar-refractivity contribution in [1.29, 1.82) is 0 Å². The highest BCUT2D eigenvalue weighted by molar-refractivity contribution is 5.69. The van der Waals surface area contributed by atoms with Crippen LogP contribution in [0.1, 0.15) is 19.8 Å². The van der Waals surface area contributed by atoms with E-state index in [1.165, 1.54) is 7.11 Å². The Morgan fingerprint density at radius 1 is 1.22 bits per heavy atom. The van der Waals surface area contributed by atoms with Gasteiger partial charge in [0.15, 0.2) is 6.29 Å². The maximum absolute atomic E-state index is 11.2. The molecule has 18 heavy (non-hydrogen) atoms. The van der Waals surface area contributed by atoms with Gasteiger partial charge in [-0.2, -0.15) is 0 Å². The summed E-state index contributed by atoms with van der Waals surface area (Å²) in [7, 11) is 1.30. The van der Waals surface area contributed by atoms with Crippen LogP contribution in [-0.4, -0.2) is 65.7 Å². The molecule has 0 spiro atoms. The Morgan fingerprint density at radius 3 is 2.44 bits per heavy atom. The zero-order chi connectivity index (χ0) is 13.7. The third-order valence-corrected chi connectivity index (χ3v) is 2.76. The molecule has 0 aromatic carbocycles. The normalized spacial score (nSPS) is 36.4. The highest BCUT2D eigenvalue weighted by atomic mass is 16.7. The van der Waals surface area contributed by atoms with Gasteiger partial charge in [-0.25, -0.2) is 0 Å². The highest BCUT2D eigenvalue weighted by Gasteiger charge is 2.44. The minimum absolute atomic E-state index is 0.191. The summed E-state index contributed by atoms with van der Waals surface area (Å²) in [6.45, 7) is 1.65. The predicted molar refractivity (Wildman–Crippen MR) is 59.6 cm³/mol. The van der Waals surface area contributed by atoms with Crippen molar-refractivity contribution in [3.05, 3.63) is 0 Å². The van der Waals surface area contributed by atoms with Gasteiger partial charge in [0.25, 0.3) is 0 Å². The molecule has 0 bridgehead atoms. The van der Waals surface area contributed by atoms with Crippen molar-refractivity contribution >= 4 is 5.97 Å². The Bertz CT molecular complexity index is 268. The standard InChI is InChI=1S/C11H20O7/c1-3-4-7(12)17-5-6-8(13)9(14)10(15)11(16-2)18-6/h6,8-11,13-15H,3-5H2,1-2H3/t6-,8-,9+,10+,11+/m1/s1. The molecular weight excluding hydrogens is 244 g/mol. The van der Waals surface area contributed by atoms with Crippen molar-refractivity contribution < 1.29 is 34.3 Å². The molecule has 5 atom stereocenters. The van der Waals surface area contributed by atoms with Crippen LogP contribution >= 0.6 is 0 Å². The van der Waals surface area contributed by atoms with Crippen molar-refractivity contribution in [2.45, 2.75) is 50.5 Å². The Hall–Kier alpha value is -0.730. The van der Waals surface area contributed by atoms with Crippen LogP contribution < -0.4 is 0 Å². The molecule has 0 aromatic heterocycles. The van der Waals surface area contributed by atoms with Gasteiger partial charge in [0.05, 0.1) is 0 Å². The van der Waals surface area contributed by atoms with Gasteiger partial charge in [0, 0.05) is 13.5 Å². The molecule has 7 heteroatoms. The molecule has 1 fully saturated rings. The first-order chi connectivity index (χ1) is 8.51. The van der Waals surface area contributed by atoms with Crippen LogP contribution in [0.2, 0.25) is 0 Å². The Morgan fingerprint density at radius 2 is 1.89 bits per heavy atom. The summed E-state index contributed by atoms with van der Waals surface area (Å²) < 4.78 is 14.9. The Labute approximate surface area is 105 Å². The van der Waals surface area contributed by atoms with E-state index in [9.17, 15) is 20.1 Å². The first kappa shape index (κ1) is 15.3. The number of carbonyl (C=O) groups excluding carboxylic acids is 1. The fourth-order valence-corrected chi connectivity index (χ4v) is 1.70. The van der Waals surface area contributed by atoms with Gasteiger partial charge in [-0.15, -0.1) is 0 Å². The van der Waals surface area contributed by atoms with Gasteiger partial charge in [0.2, 0.25) is 0 Å². The van der Waals surface area contributed by atoms with Gasteiger partial charge in [-0.05, 0) is 6.42 Å². The molecule has 0 radical (unpaired) electrons. The summed E-state index contributed by atoms with van der Waals surface area (Å²) in [5.41, 5.74) is 0. The smallest absolute Gasteiger partial charge is 0.305 e. The van der Waals surface area contributed by atoms with E-state index in [1.807, 2.05) is 6.92 Å². The lowest BCUT2D eigenvalue weighted by atomic mass is 9.99. The van der Waals surface area contributed by atoms with Crippen LogP contribution in [0.15, 0.2) is 0 Å². The molecule has 7 nitrogen and oxygen atoms in total. The van der Waals surface area contributed by atoms with E-state index in [1.54, 1.807) is 0 Å². The molecule has 0 aliphatic carbocycles. The molecule has 0 aromatic rings. The summed E-state index contributed by atoms with van der Waals surface area (Å²) in [6.07, 6.45) is -5.11. The lowest BCUT2D eigenvalue weighted by molar-refractivity contribution is -0.295. The largest absolute Gasteiger partial charge is 0.463 e. The van der Waals surface area contributed by atoms with Crippen LogP contribution in [0.3, 0.4) is 0 Å². The van der Waals surface area contributed by atoms with Gasteiger partial charge < -0.3 is 29.5 Å². The predicted octanol–water partition coefficient (Wildman–Crippen LogP) is -1.22. The van der Waals surface area contributed by atoms with Crippen LogP contribution in [0.4, 0.5) is 0 Å². The molecule has 1 saturated heterocycles. The summed E-state index contributed by atoms with van der Waals surface area (Å²) in [5.74, 6) is -0.400. The molecule has 0 saturated carbocycles. The topological polar surface area (TPSA) is 105 Å². The van der Waals surface area contributed by atoms with Crippen molar-refractivity contribution in [2.75, 3.05) is 13.7 Å². The molecule has 1 aliphatic rings. The zero-order valence-electron chi connectivity index (χ0n) is 10.5. The van der Waals surface area contributed by atoms with Gasteiger partial charge in [0.1, 0.15) is 31.0 Å². The van der Waals surface area contributed by atoms with Crippen molar-refractivity contribution in [3.63, 3.8) is 0 Å². The van der Waals surface area contributed by atoms with Crippen LogP contribution in [0.5, 0.6) is 0 Å². The minimum Gasteiger partial charge on any atom is -0.463 e. The quantitative estimate of drug-likeness (QED) is 0.535. The molecule has 3 N–H and O–H groups in total. The Kier molecular flexibility index (Phi) is 5.97. The molecule has 1 aliphatic heterocycles. The number of aliphatic hydroxyl groups excluding tert-OH is 3. The summed E-state index contributed by atoms with van der Waals surface area (Å²) in [6, 6.07) is 0. The zero-order valence-corrected chi connectivity index (χ0v) is 10.5. The number of hydrogen-bond donors (Lipinski definition) is 3. The van der Waals surface area contributed by atoms with Gasteiger partial charge in [-0.1, -0.05) is 6.92 Å². The number of hydrogen-bond acceptors (Lipinski definition) is 7. The average Bonchev–Trinajstić information content (AvgIpc) is 2.35. The van der Waals surface area contributed by atoms with E-state index >= 15 is 0 Å². The van der Waals surface area contributed by atoms with E-state index in [0.717, 1.165) is 0 Å². The number of aliphatic hydroxyl groups is 3. The summed E-state index contributed by atoms with van der Waals surface area (Å²) in [5, 5.41) is 28.8. The van der Waals surface area contributed by atoms with E-state index in [0.29, 0.717) is 6.42 Å². The van der Waals surface area contributed by atoms with Crippen molar-refractivity contribution in [2.24, 2.45) is 0 Å². The summed E-state index contributed by atoms with van der Waals surface area (Å²) in [4.78, 5) is 11.2. The molecular formula is C11H20O7. The third-order valence-electron chi connectivity index (χ3n) is 2.76. The fraction of sp³-hybridized carbons (Fsp3) is 0.909. The summed E-state index contributed by atoms with van der Waals surface area (Å²) >= 11 is 0. The maximum Gasteiger partial charge on any atom is 0.305 e. The highest BCUT2D eigenvalue weighted by Crippen LogP contribution is 2.21. The van der Waals surface area contributed by atoms with E-state index in [4.69, 9.17) is 14.2 Å². The van der Waals surface area contributed by atoms with Gasteiger partial charge in [-0.3, -0.25) is 4.79 Å². The average molecular weight is 264 g/mol. The molecule has 1 heterocycles. The van der Waals surface area contributed by atoms with E-state index < -0.39 is 36.7 Å². The first-order valence-electron chi connectivity index (χ1n) is 5.89. The number of rotatable bonds is 5. The number of ether oxygens (including phenoxy) is 3. The number of esters is 1. The number of carbonyl (C=O) groups is 1. The van der Waals surface area contributed by atoms with Crippen LogP contribution in [-0.2, 0) is 19.0 Å². The third kappa shape index (κ3) is 3.63. The molecule has 0 amide bonds.